The van der Waals surface area contributed by atoms with Gasteiger partial charge in [0.1, 0.15) is 17.6 Å². The molecule has 10 nitrogen and oxygen atoms in total. The molecule has 0 amide bonds. The van der Waals surface area contributed by atoms with Crippen LogP contribution < -0.4 is 0 Å². The molecule has 6 rings (SSSR count). The van der Waals surface area contributed by atoms with E-state index in [1.54, 1.807) is 0 Å². The summed E-state index contributed by atoms with van der Waals surface area (Å²) in [6.45, 7) is 11.5. The highest BCUT2D eigenvalue weighted by Gasteiger charge is 2.84. The van der Waals surface area contributed by atoms with Crippen LogP contribution in [0.1, 0.15) is 66.7 Å². The van der Waals surface area contributed by atoms with Gasteiger partial charge in [-0.3, -0.25) is 24.0 Å². The molecule has 4 saturated carbocycles. The first-order valence-corrected chi connectivity index (χ1v) is 13.3. The molecular formula is C28H36O10. The maximum Gasteiger partial charge on any atom is 0.304 e. The van der Waals surface area contributed by atoms with Crippen molar-refractivity contribution in [1.82, 2.24) is 0 Å². The maximum atomic E-state index is 14.2. The van der Waals surface area contributed by atoms with Crippen molar-refractivity contribution in [3.05, 3.63) is 12.2 Å². The summed E-state index contributed by atoms with van der Waals surface area (Å²) in [6.07, 6.45) is -0.943. The van der Waals surface area contributed by atoms with E-state index < -0.39 is 70.6 Å². The standard InChI is InChI=1S/C28H36O10/c1-13-18-7-8-19-27-20(26(6,12-34-14(2)29)10-9-21(27)35-15(3)30)11-22(38-25(27)37-17(5)32)28(19,23(13)33)24(18)36-16(4)31/h18-22,24-25H,1,7-12H2,2-6H3/t18-,19-,20+,21-,22+,24+,25+,26-,27+,28-/m0/s1. The van der Waals surface area contributed by atoms with Crippen LogP contribution in [-0.4, -0.2) is 60.9 Å². The molecule has 0 N–H and O–H groups in total. The van der Waals surface area contributed by atoms with E-state index in [-0.39, 0.29) is 24.2 Å². The molecule has 2 spiro atoms. The highest BCUT2D eigenvalue weighted by Crippen LogP contribution is 2.76. The van der Waals surface area contributed by atoms with Crippen LogP contribution in [0.3, 0.4) is 0 Å². The zero-order valence-corrected chi connectivity index (χ0v) is 22.6. The Morgan fingerprint density at radius 1 is 0.921 bits per heavy atom. The van der Waals surface area contributed by atoms with Gasteiger partial charge in [0.2, 0.25) is 6.29 Å². The van der Waals surface area contributed by atoms with Gasteiger partial charge in [0.25, 0.3) is 0 Å². The van der Waals surface area contributed by atoms with Gasteiger partial charge in [-0.1, -0.05) is 13.5 Å². The molecular weight excluding hydrogens is 496 g/mol. The summed E-state index contributed by atoms with van der Waals surface area (Å²) in [5, 5.41) is 0. The zero-order chi connectivity index (χ0) is 27.8. The number of ketones is 1. The summed E-state index contributed by atoms with van der Waals surface area (Å²) in [7, 11) is 0. The Morgan fingerprint density at radius 2 is 1.58 bits per heavy atom. The normalized spacial score (nSPS) is 44.5. The van der Waals surface area contributed by atoms with Crippen molar-refractivity contribution in [2.75, 3.05) is 6.61 Å². The van der Waals surface area contributed by atoms with Gasteiger partial charge >= 0.3 is 23.9 Å². The third kappa shape index (κ3) is 3.44. The fourth-order valence-electron chi connectivity index (χ4n) is 9.01. The Bertz CT molecular complexity index is 1090. The Hall–Kier alpha value is -2.75. The minimum atomic E-state index is -1.24. The average Bonchev–Trinajstić information content (AvgIpc) is 2.93. The number of hydrogen-bond acceptors (Lipinski definition) is 10. The summed E-state index contributed by atoms with van der Waals surface area (Å²) in [5.74, 6) is -3.30. The molecule has 4 bridgehead atoms. The van der Waals surface area contributed by atoms with Gasteiger partial charge in [-0.2, -0.15) is 0 Å². The summed E-state index contributed by atoms with van der Waals surface area (Å²) in [6, 6.07) is 0. The number of hydrogen-bond donors (Lipinski definition) is 0. The van der Waals surface area contributed by atoms with Crippen molar-refractivity contribution in [2.45, 2.75) is 91.3 Å². The van der Waals surface area contributed by atoms with E-state index in [1.807, 2.05) is 6.92 Å². The highest BCUT2D eigenvalue weighted by molar-refractivity contribution is 6.05. The number of esters is 4. The topological polar surface area (TPSA) is 132 Å². The van der Waals surface area contributed by atoms with Crippen molar-refractivity contribution in [1.29, 1.82) is 0 Å². The van der Waals surface area contributed by atoms with E-state index in [2.05, 4.69) is 6.58 Å². The SMILES string of the molecule is C=C1C(=O)[C@]23[C@H](OC(C)=O)[C@H]1CC[C@H]2[C@@]12[C@H](OC(C)=O)O[C@@H]3C[C@@H]1[C@](C)(COC(C)=O)CC[C@@H]2OC(C)=O. The van der Waals surface area contributed by atoms with Crippen molar-refractivity contribution in [3.63, 3.8) is 0 Å². The lowest BCUT2D eigenvalue weighted by Crippen LogP contribution is -2.80. The van der Waals surface area contributed by atoms with Gasteiger partial charge in [-0.05, 0) is 49.5 Å². The van der Waals surface area contributed by atoms with Crippen molar-refractivity contribution in [2.24, 2.45) is 34.0 Å². The van der Waals surface area contributed by atoms with Gasteiger partial charge in [-0.25, -0.2) is 0 Å². The van der Waals surface area contributed by atoms with E-state index in [0.29, 0.717) is 37.7 Å². The van der Waals surface area contributed by atoms with E-state index in [1.165, 1.54) is 27.7 Å². The van der Waals surface area contributed by atoms with E-state index in [0.717, 1.165) is 0 Å². The van der Waals surface area contributed by atoms with E-state index >= 15 is 0 Å². The molecule has 0 aromatic heterocycles. The average molecular weight is 533 g/mol. The third-order valence-corrected chi connectivity index (χ3v) is 10.1. The molecule has 6 aliphatic rings. The number of ether oxygens (including phenoxy) is 5. The number of Topliss-reactive ketones (excluding diaryl/α,β-unsaturated/α-hetero) is 1. The van der Waals surface area contributed by atoms with Crippen molar-refractivity contribution < 1.29 is 47.7 Å². The fourth-order valence-corrected chi connectivity index (χ4v) is 9.01. The number of rotatable bonds is 5. The van der Waals surface area contributed by atoms with Gasteiger partial charge in [0.15, 0.2) is 5.78 Å². The van der Waals surface area contributed by atoms with Crippen LogP contribution in [0.5, 0.6) is 0 Å². The third-order valence-electron chi connectivity index (χ3n) is 10.1. The minimum absolute atomic E-state index is 0.122. The molecule has 0 aromatic rings. The van der Waals surface area contributed by atoms with Gasteiger partial charge in [0, 0.05) is 39.0 Å². The molecule has 208 valence electrons. The first-order valence-electron chi connectivity index (χ1n) is 13.3. The Morgan fingerprint density at radius 3 is 2.18 bits per heavy atom. The summed E-state index contributed by atoms with van der Waals surface area (Å²) in [5.41, 5.74) is -2.54. The van der Waals surface area contributed by atoms with Gasteiger partial charge < -0.3 is 23.7 Å². The van der Waals surface area contributed by atoms with Crippen molar-refractivity contribution >= 4 is 29.7 Å². The summed E-state index contributed by atoms with van der Waals surface area (Å²) < 4.78 is 29.8. The second-order valence-electron chi connectivity index (χ2n) is 12.0. The molecule has 0 radical (unpaired) electrons. The van der Waals surface area contributed by atoms with Crippen LogP contribution in [0.4, 0.5) is 0 Å². The molecule has 10 heteroatoms. The Kier molecular flexibility index (Phi) is 6.28. The molecule has 2 aliphatic heterocycles. The lowest BCUT2D eigenvalue weighted by Gasteiger charge is -2.72. The minimum Gasteiger partial charge on any atom is -0.465 e. The molecule has 6 fully saturated rings. The fraction of sp³-hybridized carbons (Fsp3) is 0.750. The smallest absolute Gasteiger partial charge is 0.304 e. The molecule has 2 heterocycles. The largest absolute Gasteiger partial charge is 0.465 e. The quantitative estimate of drug-likeness (QED) is 0.296. The van der Waals surface area contributed by atoms with E-state index in [4.69, 9.17) is 23.7 Å². The van der Waals surface area contributed by atoms with Gasteiger partial charge in [-0.15, -0.1) is 0 Å². The second kappa shape index (κ2) is 8.89. The molecule has 2 saturated heterocycles. The lowest BCUT2D eigenvalue weighted by molar-refractivity contribution is -0.402. The monoisotopic (exact) mass is 532 g/mol. The molecule has 38 heavy (non-hydrogen) atoms. The Balaban J connectivity index is 1.74. The molecule has 0 unspecified atom stereocenters. The van der Waals surface area contributed by atoms with Crippen LogP contribution in [0.15, 0.2) is 12.2 Å². The van der Waals surface area contributed by atoms with Crippen LogP contribution in [0.2, 0.25) is 0 Å². The maximum absolute atomic E-state index is 14.2. The van der Waals surface area contributed by atoms with Crippen LogP contribution in [0, 0.1) is 34.0 Å². The predicted octanol–water partition coefficient (Wildman–Crippen LogP) is 2.66. The number of carbonyl (C=O) groups is 5. The van der Waals surface area contributed by atoms with Crippen LogP contribution in [0.25, 0.3) is 0 Å². The molecule has 4 aliphatic carbocycles. The summed E-state index contributed by atoms with van der Waals surface area (Å²) >= 11 is 0. The number of fused-ring (bicyclic) bond motifs is 2. The predicted molar refractivity (Wildman–Crippen MR) is 129 cm³/mol. The zero-order valence-electron chi connectivity index (χ0n) is 22.6. The molecule has 10 atom stereocenters. The van der Waals surface area contributed by atoms with Crippen molar-refractivity contribution in [3.8, 4) is 0 Å². The second-order valence-corrected chi connectivity index (χ2v) is 12.0. The lowest BCUT2D eigenvalue weighted by atomic mass is 9.36. The first kappa shape index (κ1) is 26.8. The molecule has 0 aromatic carbocycles. The number of carbonyl (C=O) groups excluding carboxylic acids is 5. The van der Waals surface area contributed by atoms with E-state index in [9.17, 15) is 24.0 Å². The highest BCUT2D eigenvalue weighted by atomic mass is 16.7. The van der Waals surface area contributed by atoms with Crippen LogP contribution >= 0.6 is 0 Å². The first-order chi connectivity index (χ1) is 17.8. The van der Waals surface area contributed by atoms with Gasteiger partial charge in [0.05, 0.1) is 18.1 Å². The Labute approximate surface area is 221 Å². The van der Waals surface area contributed by atoms with Crippen LogP contribution in [-0.2, 0) is 47.7 Å². The summed E-state index contributed by atoms with van der Waals surface area (Å²) in [4.78, 5) is 63.1.